The molecule has 0 unspecified atom stereocenters. The van der Waals surface area contributed by atoms with Gasteiger partial charge in [0.05, 0.1) is 25.1 Å². The van der Waals surface area contributed by atoms with Crippen molar-refractivity contribution in [2.24, 2.45) is 0 Å². The lowest BCUT2D eigenvalue weighted by Crippen LogP contribution is -2.04. The summed E-state index contributed by atoms with van der Waals surface area (Å²) in [5, 5.41) is 0. The smallest absolute Gasteiger partial charge is 0.309 e. The summed E-state index contributed by atoms with van der Waals surface area (Å²) in [5.41, 5.74) is 0. The van der Waals surface area contributed by atoms with Gasteiger partial charge in [-0.25, -0.2) is 8.42 Å². The monoisotopic (exact) mass is 230 g/mol. The van der Waals surface area contributed by atoms with E-state index < -0.39 is 18.3 Å². The number of rotatable bonds is 7. The maximum atomic E-state index is 11.6. The van der Waals surface area contributed by atoms with Crippen molar-refractivity contribution in [3.05, 3.63) is 0 Å². The second kappa shape index (κ2) is 6.54. The molecule has 0 heterocycles. The zero-order valence-electron chi connectivity index (χ0n) is 7.76. The molecule has 0 spiro atoms. The topological polar surface area (TPSA) is 69.7 Å². The van der Waals surface area contributed by atoms with Gasteiger partial charge in [-0.05, 0) is 13.8 Å². The molecule has 0 aliphatic rings. The third-order valence-corrected chi connectivity index (χ3v) is 4.22. The Bertz CT molecular complexity index is 231. The summed E-state index contributed by atoms with van der Waals surface area (Å²) in [6.07, 6.45) is -0.0621. The molecule has 0 aromatic rings. The molecule has 0 saturated carbocycles. The molecule has 0 bridgehead atoms. The third-order valence-electron chi connectivity index (χ3n) is 1.21. The predicted molar refractivity (Wildman–Crippen MR) is 50.9 cm³/mol. The first-order valence-corrected chi connectivity index (χ1v) is 7.13. The first-order valence-electron chi connectivity index (χ1n) is 4.04. The van der Waals surface area contributed by atoms with Crippen LogP contribution in [0.3, 0.4) is 0 Å². The van der Waals surface area contributed by atoms with E-state index in [1.165, 1.54) is 0 Å². The fraction of sp³-hybridized carbons (Fsp3) is 1.00. The molecule has 0 fully saturated rings. The number of hydrogen-bond acceptors (Lipinski definition) is 5. The zero-order valence-corrected chi connectivity index (χ0v) is 9.55. The molecule has 7 heteroatoms. The van der Waals surface area contributed by atoms with Gasteiger partial charge in [0, 0.05) is 0 Å². The Morgan fingerprint density at radius 3 is 1.92 bits per heavy atom. The average molecular weight is 230 g/mol. The summed E-state index contributed by atoms with van der Waals surface area (Å²) < 4.78 is 41.9. The zero-order chi connectivity index (χ0) is 10.3. The van der Waals surface area contributed by atoms with E-state index in [-0.39, 0.29) is 25.1 Å². The summed E-state index contributed by atoms with van der Waals surface area (Å²) in [4.78, 5) is 0. The molecule has 0 radical (unpaired) electrons. The Morgan fingerprint density at radius 1 is 1.15 bits per heavy atom. The molecule has 0 N–H and O–H groups in total. The van der Waals surface area contributed by atoms with Gasteiger partial charge >= 0.3 is 7.60 Å². The van der Waals surface area contributed by atoms with Crippen LogP contribution in [0.15, 0.2) is 0 Å². The normalized spacial score (nSPS) is 12.2. The second-order valence-corrected chi connectivity index (χ2v) is 5.52. The van der Waals surface area contributed by atoms with E-state index in [1.807, 2.05) is 0 Å². The molecule has 0 aromatic carbocycles. The Kier molecular flexibility index (Phi) is 6.59. The summed E-state index contributed by atoms with van der Waals surface area (Å²) in [5.74, 6) is -0.160. The lowest BCUT2D eigenvalue weighted by Gasteiger charge is -2.15. The first kappa shape index (κ1) is 13.1. The number of hydrogen-bond donors (Lipinski definition) is 1. The van der Waals surface area contributed by atoms with Gasteiger partial charge in [-0.2, -0.15) is 0 Å². The Labute approximate surface area is 79.9 Å². The van der Waals surface area contributed by atoms with Crippen LogP contribution in [-0.2, 0) is 24.3 Å². The van der Waals surface area contributed by atoms with Gasteiger partial charge in [-0.3, -0.25) is 4.57 Å². The third kappa shape index (κ3) is 6.21. The Hall–Kier alpha value is 0.100. The minimum absolute atomic E-state index is 0.0621. The van der Waals surface area contributed by atoms with E-state index in [0.717, 1.165) is 0 Å². The van der Waals surface area contributed by atoms with Gasteiger partial charge in [-0.15, -0.1) is 0 Å². The molecule has 0 saturated heterocycles. The molecule has 80 valence electrons. The second-order valence-electron chi connectivity index (χ2n) is 2.23. The lowest BCUT2D eigenvalue weighted by molar-refractivity contribution is 0.221. The highest BCUT2D eigenvalue weighted by molar-refractivity contribution is 7.73. The van der Waals surface area contributed by atoms with Crippen LogP contribution in [0.1, 0.15) is 13.8 Å². The van der Waals surface area contributed by atoms with Crippen molar-refractivity contribution in [3.8, 4) is 0 Å². The fourth-order valence-electron chi connectivity index (χ4n) is 0.764. The van der Waals surface area contributed by atoms with Crippen molar-refractivity contribution in [2.45, 2.75) is 13.8 Å². The van der Waals surface area contributed by atoms with E-state index >= 15 is 0 Å². The molecule has 0 rings (SSSR count). The molecule has 0 aliphatic carbocycles. The molecular formula is C6H15O5PS. The Balaban J connectivity index is 4.14. The van der Waals surface area contributed by atoms with E-state index in [9.17, 15) is 13.0 Å². The molecule has 0 aliphatic heterocycles. The van der Waals surface area contributed by atoms with E-state index in [1.54, 1.807) is 13.8 Å². The SMILES string of the molecule is CCOP(=O)(CC[SH](=O)=O)OCC. The van der Waals surface area contributed by atoms with Gasteiger partial charge in [0.2, 0.25) is 0 Å². The highest BCUT2D eigenvalue weighted by Crippen LogP contribution is 2.47. The fourth-order valence-corrected chi connectivity index (χ4v) is 3.52. The van der Waals surface area contributed by atoms with Gasteiger partial charge in [0.15, 0.2) is 0 Å². The summed E-state index contributed by atoms with van der Waals surface area (Å²) in [6, 6.07) is 0. The minimum atomic E-state index is -3.16. The van der Waals surface area contributed by atoms with Crippen molar-refractivity contribution in [2.75, 3.05) is 25.1 Å². The van der Waals surface area contributed by atoms with Crippen molar-refractivity contribution >= 4 is 18.3 Å². The van der Waals surface area contributed by atoms with E-state index in [2.05, 4.69) is 0 Å². The van der Waals surface area contributed by atoms with Gasteiger partial charge in [0.25, 0.3) is 0 Å². The van der Waals surface area contributed by atoms with Crippen molar-refractivity contribution in [1.82, 2.24) is 0 Å². The first-order chi connectivity index (χ1) is 6.04. The lowest BCUT2D eigenvalue weighted by atomic mass is 10.9. The quantitative estimate of drug-likeness (QED) is 0.519. The van der Waals surface area contributed by atoms with Gasteiger partial charge < -0.3 is 9.05 Å². The molecule has 13 heavy (non-hydrogen) atoms. The summed E-state index contributed by atoms with van der Waals surface area (Å²) >= 11 is 0. The number of thiol groups is 1. The van der Waals surface area contributed by atoms with Crippen LogP contribution in [0.2, 0.25) is 0 Å². The van der Waals surface area contributed by atoms with Crippen molar-refractivity contribution in [3.63, 3.8) is 0 Å². The van der Waals surface area contributed by atoms with E-state index in [0.29, 0.717) is 0 Å². The van der Waals surface area contributed by atoms with Gasteiger partial charge in [-0.1, -0.05) is 0 Å². The van der Waals surface area contributed by atoms with Crippen LogP contribution in [0.25, 0.3) is 0 Å². The van der Waals surface area contributed by atoms with Crippen molar-refractivity contribution in [1.29, 1.82) is 0 Å². The van der Waals surface area contributed by atoms with Crippen LogP contribution < -0.4 is 0 Å². The highest BCUT2D eigenvalue weighted by Gasteiger charge is 2.22. The minimum Gasteiger partial charge on any atom is -0.309 e. The summed E-state index contributed by atoms with van der Waals surface area (Å²) in [7, 11) is -5.68. The van der Waals surface area contributed by atoms with Crippen LogP contribution in [0, 0.1) is 0 Å². The van der Waals surface area contributed by atoms with Crippen LogP contribution >= 0.6 is 7.60 Å². The van der Waals surface area contributed by atoms with E-state index in [4.69, 9.17) is 9.05 Å². The van der Waals surface area contributed by atoms with Gasteiger partial charge in [0.1, 0.15) is 10.7 Å². The van der Waals surface area contributed by atoms with Crippen LogP contribution in [0.4, 0.5) is 0 Å². The Morgan fingerprint density at radius 2 is 1.62 bits per heavy atom. The highest BCUT2D eigenvalue weighted by atomic mass is 32.2. The summed E-state index contributed by atoms with van der Waals surface area (Å²) in [6.45, 7) is 3.88. The molecule has 5 nitrogen and oxygen atoms in total. The molecule has 0 amide bonds. The standard InChI is InChI=1S/C6H15O5PS/c1-3-10-12(7,11-4-2)5-6-13(8)9/h13H,3-6H2,1-2H3. The van der Waals surface area contributed by atoms with Crippen molar-refractivity contribution < 1.29 is 22.0 Å². The predicted octanol–water partition coefficient (Wildman–Crippen LogP) is 0.864. The molecular weight excluding hydrogens is 215 g/mol. The largest absolute Gasteiger partial charge is 0.331 e. The average Bonchev–Trinajstić information content (AvgIpc) is 2.02. The van der Waals surface area contributed by atoms with Crippen LogP contribution in [-0.4, -0.2) is 33.5 Å². The van der Waals surface area contributed by atoms with Crippen LogP contribution in [0.5, 0.6) is 0 Å². The molecule has 0 atom stereocenters. The molecule has 0 aromatic heterocycles. The maximum Gasteiger partial charge on any atom is 0.331 e. The maximum absolute atomic E-state index is 11.6.